The second-order valence-corrected chi connectivity index (χ2v) is 13.1. The van der Waals surface area contributed by atoms with Gasteiger partial charge in [-0.15, -0.1) is 0 Å². The quantitative estimate of drug-likeness (QED) is 0.383. The smallest absolute Gasteiger partial charge is 0.231 e. The summed E-state index contributed by atoms with van der Waals surface area (Å²) < 4.78 is 45.9. The van der Waals surface area contributed by atoms with E-state index in [1.54, 1.807) is 6.92 Å². The average molecular weight is 648 g/mol. The minimum atomic E-state index is -3.47. The summed E-state index contributed by atoms with van der Waals surface area (Å²) in [6.07, 6.45) is 0.665. The van der Waals surface area contributed by atoms with Crippen LogP contribution in [0.25, 0.3) is 0 Å². The first-order valence-electron chi connectivity index (χ1n) is 13.5. The normalized spacial score (nSPS) is 24.2. The fraction of sp³-hybridized carbons (Fsp3) is 0.367. The number of phenolic OH excluding ortho intramolecular Hbond substituents is 1. The molecule has 0 aromatic heterocycles. The number of hydrogen-bond donors (Lipinski definition) is 3. The predicted octanol–water partition coefficient (Wildman–Crippen LogP) is 3.41. The van der Waals surface area contributed by atoms with Crippen molar-refractivity contribution in [1.82, 2.24) is 5.32 Å². The van der Waals surface area contributed by atoms with Gasteiger partial charge in [0.05, 0.1) is 33.1 Å². The fourth-order valence-corrected chi connectivity index (χ4v) is 7.45. The van der Waals surface area contributed by atoms with E-state index < -0.39 is 63.0 Å². The van der Waals surface area contributed by atoms with E-state index in [0.29, 0.717) is 5.56 Å². The molecule has 2 aromatic rings. The Labute approximate surface area is 258 Å². The van der Waals surface area contributed by atoms with Gasteiger partial charge in [-0.2, -0.15) is 0 Å². The van der Waals surface area contributed by atoms with Crippen molar-refractivity contribution in [2.75, 3.05) is 27.1 Å². The van der Waals surface area contributed by atoms with Crippen LogP contribution in [-0.2, 0) is 19.4 Å². The maximum Gasteiger partial charge on any atom is 0.231 e. The monoisotopic (exact) mass is 647 g/mol. The standard InChI is InChI=1S/C30H30ClNO11S/c1-14-9-19(34)24(28(36)30(14)29(37)25-21(41-3)12-22(42-4)26(31)27(25)43-30)17(15-5-6-18(33)20(10-15)40-2)11-23(35)32-16-7-8-44(38,39)13-16/h5-8,10,12,14,16-17,33,36H,9,11,13H2,1-4H3,(H,32,35). The highest BCUT2D eigenvalue weighted by atomic mass is 35.5. The number of hydrogen-bond acceptors (Lipinski definition) is 11. The van der Waals surface area contributed by atoms with Crippen LogP contribution < -0.4 is 24.3 Å². The third kappa shape index (κ3) is 5.03. The summed E-state index contributed by atoms with van der Waals surface area (Å²) in [5, 5.41) is 25.8. The molecule has 0 bridgehead atoms. The zero-order valence-electron chi connectivity index (χ0n) is 24.2. The number of benzene rings is 2. The second-order valence-electron chi connectivity index (χ2n) is 10.8. The van der Waals surface area contributed by atoms with Crippen LogP contribution in [0.5, 0.6) is 28.7 Å². The van der Waals surface area contributed by atoms with Gasteiger partial charge in [0.15, 0.2) is 38.6 Å². The van der Waals surface area contributed by atoms with Crippen molar-refractivity contribution in [1.29, 1.82) is 0 Å². The number of nitrogens with one attached hydrogen (secondary N) is 1. The Bertz CT molecular complexity index is 1750. The minimum absolute atomic E-state index is 0.0355. The molecule has 5 rings (SSSR count). The van der Waals surface area contributed by atoms with Crippen molar-refractivity contribution in [3.63, 3.8) is 0 Å². The van der Waals surface area contributed by atoms with Gasteiger partial charge in [0.2, 0.25) is 17.3 Å². The van der Waals surface area contributed by atoms with Crippen LogP contribution >= 0.6 is 11.6 Å². The lowest BCUT2D eigenvalue weighted by molar-refractivity contribution is -0.122. The van der Waals surface area contributed by atoms with Crippen molar-refractivity contribution in [2.45, 2.75) is 37.3 Å². The first-order valence-corrected chi connectivity index (χ1v) is 15.6. The molecule has 3 aliphatic rings. The van der Waals surface area contributed by atoms with Crippen LogP contribution in [0.3, 0.4) is 0 Å². The van der Waals surface area contributed by atoms with Crippen LogP contribution in [0.4, 0.5) is 0 Å². The Morgan fingerprint density at radius 2 is 1.80 bits per heavy atom. The van der Waals surface area contributed by atoms with E-state index in [9.17, 15) is 33.0 Å². The minimum Gasteiger partial charge on any atom is -0.507 e. The number of aromatic hydroxyl groups is 1. The van der Waals surface area contributed by atoms with Gasteiger partial charge >= 0.3 is 0 Å². The number of fused-ring (bicyclic) bond motifs is 1. The average Bonchev–Trinajstić information content (AvgIpc) is 3.48. The maximum atomic E-state index is 14.2. The summed E-state index contributed by atoms with van der Waals surface area (Å²) in [6, 6.07) is 4.78. The molecule has 1 spiro atoms. The Kier molecular flexibility index (Phi) is 8.06. The first-order chi connectivity index (χ1) is 20.8. The van der Waals surface area contributed by atoms with Crippen molar-refractivity contribution in [3.8, 4) is 28.7 Å². The summed E-state index contributed by atoms with van der Waals surface area (Å²) >= 11 is 6.53. The van der Waals surface area contributed by atoms with E-state index in [2.05, 4.69) is 5.32 Å². The Morgan fingerprint density at radius 1 is 1.11 bits per heavy atom. The van der Waals surface area contributed by atoms with Gasteiger partial charge in [0, 0.05) is 41.7 Å². The summed E-state index contributed by atoms with van der Waals surface area (Å²) in [5.41, 5.74) is -2.10. The summed E-state index contributed by atoms with van der Waals surface area (Å²) in [6.45, 7) is 1.57. The van der Waals surface area contributed by atoms with E-state index >= 15 is 0 Å². The molecule has 14 heteroatoms. The first kappa shape index (κ1) is 31.2. The topological polar surface area (TPSA) is 175 Å². The Morgan fingerprint density at radius 3 is 2.41 bits per heavy atom. The number of ether oxygens (including phenoxy) is 4. The highest BCUT2D eigenvalue weighted by Crippen LogP contribution is 2.56. The molecular weight excluding hydrogens is 618 g/mol. The van der Waals surface area contributed by atoms with Crippen LogP contribution in [0.15, 0.2) is 47.1 Å². The van der Waals surface area contributed by atoms with E-state index in [0.717, 1.165) is 5.41 Å². The molecule has 0 radical (unpaired) electrons. The number of carbonyl (C=O) groups is 3. The van der Waals surface area contributed by atoms with Gasteiger partial charge in [-0.05, 0) is 23.8 Å². The predicted molar refractivity (Wildman–Crippen MR) is 158 cm³/mol. The maximum absolute atomic E-state index is 14.2. The molecule has 2 aromatic carbocycles. The van der Waals surface area contributed by atoms with Gasteiger partial charge in [0.1, 0.15) is 22.1 Å². The number of aliphatic hydroxyl groups is 1. The van der Waals surface area contributed by atoms with Crippen molar-refractivity contribution in [2.24, 2.45) is 5.92 Å². The number of amides is 1. The van der Waals surface area contributed by atoms with Gasteiger partial charge in [-0.3, -0.25) is 14.4 Å². The summed E-state index contributed by atoms with van der Waals surface area (Å²) in [5.74, 6) is -4.96. The van der Waals surface area contributed by atoms with Gasteiger partial charge in [0.25, 0.3) is 0 Å². The lowest BCUT2D eigenvalue weighted by atomic mass is 9.69. The number of ketones is 2. The van der Waals surface area contributed by atoms with E-state index in [4.69, 9.17) is 30.5 Å². The summed E-state index contributed by atoms with van der Waals surface area (Å²) in [7, 11) is 0.562. The second kappa shape index (κ2) is 11.4. The molecule has 1 aliphatic carbocycles. The molecule has 234 valence electrons. The highest BCUT2D eigenvalue weighted by molar-refractivity contribution is 7.94. The van der Waals surface area contributed by atoms with Crippen LogP contribution in [-0.4, -0.2) is 74.8 Å². The Balaban J connectivity index is 1.65. The van der Waals surface area contributed by atoms with Crippen LogP contribution in [0, 0.1) is 5.92 Å². The van der Waals surface area contributed by atoms with Gasteiger partial charge < -0.3 is 34.5 Å². The van der Waals surface area contributed by atoms with Gasteiger partial charge in [-0.25, -0.2) is 8.42 Å². The third-order valence-electron chi connectivity index (χ3n) is 8.13. The molecular formula is C30H30ClNO11S. The van der Waals surface area contributed by atoms with Gasteiger partial charge in [-0.1, -0.05) is 24.6 Å². The molecule has 0 fully saturated rings. The number of Topliss-reactive ketones (excluding diaryl/α,β-unsaturated/α-hetero) is 2. The number of halogens is 1. The fourth-order valence-electron chi connectivity index (χ4n) is 5.95. The van der Waals surface area contributed by atoms with E-state index in [-0.39, 0.29) is 57.1 Å². The number of aliphatic hydroxyl groups excluding tert-OH is 1. The third-order valence-corrected chi connectivity index (χ3v) is 9.89. The molecule has 44 heavy (non-hydrogen) atoms. The number of methoxy groups -OCH3 is 3. The molecule has 0 saturated carbocycles. The number of allylic oxidation sites excluding steroid dienone is 1. The van der Waals surface area contributed by atoms with Crippen molar-refractivity contribution in [3.05, 3.63) is 63.2 Å². The van der Waals surface area contributed by atoms with Crippen LogP contribution in [0.2, 0.25) is 5.02 Å². The lowest BCUT2D eigenvalue weighted by Crippen LogP contribution is -2.53. The number of phenols is 1. The molecule has 2 heterocycles. The molecule has 12 nitrogen and oxygen atoms in total. The van der Waals surface area contributed by atoms with Crippen molar-refractivity contribution >= 4 is 38.9 Å². The molecule has 0 saturated heterocycles. The summed E-state index contributed by atoms with van der Waals surface area (Å²) in [4.78, 5) is 41.2. The van der Waals surface area contributed by atoms with Crippen LogP contribution in [0.1, 0.15) is 41.6 Å². The molecule has 3 N–H and O–H groups in total. The highest BCUT2D eigenvalue weighted by Gasteiger charge is 2.61. The largest absolute Gasteiger partial charge is 0.507 e. The zero-order valence-corrected chi connectivity index (χ0v) is 25.7. The van der Waals surface area contributed by atoms with Crippen molar-refractivity contribution < 1.29 is 52.0 Å². The van der Waals surface area contributed by atoms with E-state index in [1.165, 1.54) is 51.7 Å². The molecule has 1 amide bonds. The van der Waals surface area contributed by atoms with E-state index in [1.807, 2.05) is 0 Å². The molecule has 2 aliphatic heterocycles. The SMILES string of the molecule is COc1cc(C(CC(=O)NC2C=CS(=O)(=O)C2)C2=C(O)C3(Oc4c(Cl)c(OC)cc(OC)c4C3=O)C(C)CC2=O)ccc1O. The number of carbonyl (C=O) groups excluding carboxylic acids is 3. The molecule has 4 atom stereocenters. The Hall–Kier alpha value is -4.23. The number of rotatable bonds is 8. The lowest BCUT2D eigenvalue weighted by Gasteiger charge is -2.38. The molecule has 4 unspecified atom stereocenters. The zero-order chi connectivity index (χ0) is 32.1. The number of sulfone groups is 1.